The Morgan fingerprint density at radius 2 is 2.11 bits per heavy atom. The zero-order valence-corrected chi connectivity index (χ0v) is 11.8. The molecule has 0 aliphatic carbocycles. The van der Waals surface area contributed by atoms with E-state index in [-0.39, 0.29) is 16.7 Å². The molecular weight excluding hydrogens is 266 g/mol. The molecule has 1 aromatic carbocycles. The quantitative estimate of drug-likeness (QED) is 0.912. The van der Waals surface area contributed by atoms with Crippen molar-refractivity contribution in [1.82, 2.24) is 4.31 Å². The van der Waals surface area contributed by atoms with Gasteiger partial charge in [-0.1, -0.05) is 12.1 Å². The molecule has 0 aromatic heterocycles. The molecule has 1 atom stereocenters. The number of hydrogen-bond donors (Lipinski definition) is 1. The van der Waals surface area contributed by atoms with Crippen LogP contribution in [-0.4, -0.2) is 44.1 Å². The van der Waals surface area contributed by atoms with E-state index in [1.807, 2.05) is 0 Å². The Bertz CT molecular complexity index is 523. The average Bonchev–Trinajstić information content (AvgIpc) is 2.40. The Labute approximate surface area is 113 Å². The van der Waals surface area contributed by atoms with Crippen molar-refractivity contribution in [2.75, 3.05) is 20.2 Å². The molecule has 1 aliphatic heterocycles. The van der Waals surface area contributed by atoms with Gasteiger partial charge in [-0.15, -0.1) is 0 Å². The van der Waals surface area contributed by atoms with Crippen LogP contribution in [0.2, 0.25) is 0 Å². The van der Waals surface area contributed by atoms with E-state index < -0.39 is 10.0 Å². The number of rotatable bonds is 4. The molecule has 19 heavy (non-hydrogen) atoms. The summed E-state index contributed by atoms with van der Waals surface area (Å²) < 4.78 is 31.5. The summed E-state index contributed by atoms with van der Waals surface area (Å²) in [7, 11) is -2.15. The highest BCUT2D eigenvalue weighted by Gasteiger charge is 2.27. The van der Waals surface area contributed by atoms with Gasteiger partial charge >= 0.3 is 0 Å². The van der Waals surface area contributed by atoms with Gasteiger partial charge in [0.25, 0.3) is 0 Å². The largest absolute Gasteiger partial charge is 0.507 e. The van der Waals surface area contributed by atoms with Gasteiger partial charge < -0.3 is 9.84 Å². The maximum atomic E-state index is 12.3. The third-order valence-electron chi connectivity index (χ3n) is 3.29. The minimum Gasteiger partial charge on any atom is -0.507 e. The molecule has 1 heterocycles. The summed E-state index contributed by atoms with van der Waals surface area (Å²) in [6, 6.07) is 5.97. The summed E-state index contributed by atoms with van der Waals surface area (Å²) in [5, 5.41) is 9.66. The van der Waals surface area contributed by atoms with Gasteiger partial charge in [0, 0.05) is 20.2 Å². The van der Waals surface area contributed by atoms with Gasteiger partial charge in [0.2, 0.25) is 10.0 Å². The number of sulfonamides is 1. The summed E-state index contributed by atoms with van der Waals surface area (Å²) in [5.74, 6) is -0.223. The van der Waals surface area contributed by atoms with Gasteiger partial charge in [0.05, 0.1) is 6.10 Å². The molecule has 1 aliphatic rings. The SMILES string of the molecule is CN(CC1CCCCO1)S(=O)(=O)c1ccccc1O. The van der Waals surface area contributed by atoms with Crippen molar-refractivity contribution < 1.29 is 18.3 Å². The molecule has 1 saturated heterocycles. The molecule has 0 amide bonds. The fourth-order valence-corrected chi connectivity index (χ4v) is 3.46. The predicted molar refractivity (Wildman–Crippen MR) is 71.5 cm³/mol. The molecule has 1 aromatic rings. The van der Waals surface area contributed by atoms with Crippen LogP contribution in [0.15, 0.2) is 29.2 Å². The molecule has 5 nitrogen and oxygen atoms in total. The first-order chi connectivity index (χ1) is 9.01. The first-order valence-corrected chi connectivity index (χ1v) is 7.82. The topological polar surface area (TPSA) is 66.8 Å². The first-order valence-electron chi connectivity index (χ1n) is 6.38. The van der Waals surface area contributed by atoms with Gasteiger partial charge in [0.1, 0.15) is 10.6 Å². The summed E-state index contributed by atoms with van der Waals surface area (Å²) in [5.41, 5.74) is 0. The minimum atomic E-state index is -3.67. The Hall–Kier alpha value is -1.11. The third-order valence-corrected chi connectivity index (χ3v) is 5.16. The van der Waals surface area contributed by atoms with E-state index in [0.29, 0.717) is 13.2 Å². The van der Waals surface area contributed by atoms with E-state index >= 15 is 0 Å². The van der Waals surface area contributed by atoms with Gasteiger partial charge in [-0.25, -0.2) is 8.42 Å². The highest BCUT2D eigenvalue weighted by atomic mass is 32.2. The van der Waals surface area contributed by atoms with Gasteiger partial charge in [0.15, 0.2) is 0 Å². The van der Waals surface area contributed by atoms with Crippen molar-refractivity contribution in [3.63, 3.8) is 0 Å². The lowest BCUT2D eigenvalue weighted by Crippen LogP contribution is -2.37. The summed E-state index contributed by atoms with van der Waals surface area (Å²) >= 11 is 0. The highest BCUT2D eigenvalue weighted by Crippen LogP contribution is 2.25. The van der Waals surface area contributed by atoms with Crippen LogP contribution in [-0.2, 0) is 14.8 Å². The lowest BCUT2D eigenvalue weighted by Gasteiger charge is -2.27. The molecule has 0 bridgehead atoms. The highest BCUT2D eigenvalue weighted by molar-refractivity contribution is 7.89. The number of nitrogens with zero attached hydrogens (tertiary/aromatic N) is 1. The molecule has 2 rings (SSSR count). The van der Waals surface area contributed by atoms with E-state index in [4.69, 9.17) is 4.74 Å². The van der Waals surface area contributed by atoms with Crippen molar-refractivity contribution in [2.24, 2.45) is 0 Å². The van der Waals surface area contributed by atoms with Crippen LogP contribution in [0.3, 0.4) is 0 Å². The van der Waals surface area contributed by atoms with Crippen LogP contribution in [0.25, 0.3) is 0 Å². The van der Waals surface area contributed by atoms with E-state index in [2.05, 4.69) is 0 Å². The van der Waals surface area contributed by atoms with Gasteiger partial charge in [-0.3, -0.25) is 0 Å². The average molecular weight is 285 g/mol. The van der Waals surface area contributed by atoms with E-state index in [1.165, 1.54) is 23.5 Å². The maximum absolute atomic E-state index is 12.3. The molecule has 6 heteroatoms. The summed E-state index contributed by atoms with van der Waals surface area (Å²) in [6.07, 6.45) is 2.92. The molecule has 0 spiro atoms. The lowest BCUT2D eigenvalue weighted by molar-refractivity contribution is 0.00857. The van der Waals surface area contributed by atoms with Gasteiger partial charge in [-0.2, -0.15) is 4.31 Å². The lowest BCUT2D eigenvalue weighted by atomic mass is 10.1. The minimum absolute atomic E-state index is 0.0561. The number of phenolic OH excluding ortho intramolecular Hbond substituents is 1. The number of para-hydroxylation sites is 1. The van der Waals surface area contributed by atoms with Crippen molar-refractivity contribution in [3.05, 3.63) is 24.3 Å². The van der Waals surface area contributed by atoms with Crippen LogP contribution < -0.4 is 0 Å². The Morgan fingerprint density at radius 3 is 2.74 bits per heavy atom. The molecule has 1 N–H and O–H groups in total. The van der Waals surface area contributed by atoms with Crippen LogP contribution in [0.1, 0.15) is 19.3 Å². The number of ether oxygens (including phenoxy) is 1. The van der Waals surface area contributed by atoms with Crippen molar-refractivity contribution >= 4 is 10.0 Å². The van der Waals surface area contributed by atoms with E-state index in [9.17, 15) is 13.5 Å². The zero-order valence-electron chi connectivity index (χ0n) is 10.9. The maximum Gasteiger partial charge on any atom is 0.246 e. The molecule has 1 fully saturated rings. The third kappa shape index (κ3) is 3.26. The Balaban J connectivity index is 2.13. The number of hydrogen-bond acceptors (Lipinski definition) is 4. The number of phenols is 1. The smallest absolute Gasteiger partial charge is 0.246 e. The number of likely N-dealkylation sites (N-methyl/N-ethyl adjacent to an activating group) is 1. The van der Waals surface area contributed by atoms with Crippen molar-refractivity contribution in [1.29, 1.82) is 0 Å². The standard InChI is InChI=1S/C13H19NO4S/c1-14(10-11-6-4-5-9-18-11)19(16,17)13-8-3-2-7-12(13)15/h2-3,7-8,11,15H,4-6,9-10H2,1H3. The zero-order chi connectivity index (χ0) is 13.9. The fraction of sp³-hybridized carbons (Fsp3) is 0.538. The predicted octanol–water partition coefficient (Wildman–Crippen LogP) is 1.58. The second kappa shape index (κ2) is 5.90. The molecule has 0 saturated carbocycles. The van der Waals surface area contributed by atoms with Crippen LogP contribution in [0.4, 0.5) is 0 Å². The fourth-order valence-electron chi connectivity index (χ4n) is 2.18. The number of benzene rings is 1. The second-order valence-corrected chi connectivity index (χ2v) is 6.76. The Kier molecular flexibility index (Phi) is 4.44. The monoisotopic (exact) mass is 285 g/mol. The van der Waals surface area contributed by atoms with Gasteiger partial charge in [-0.05, 0) is 31.4 Å². The molecule has 0 radical (unpaired) electrons. The number of aromatic hydroxyl groups is 1. The van der Waals surface area contributed by atoms with Crippen LogP contribution >= 0.6 is 0 Å². The van der Waals surface area contributed by atoms with Crippen molar-refractivity contribution in [2.45, 2.75) is 30.3 Å². The van der Waals surface area contributed by atoms with Crippen molar-refractivity contribution in [3.8, 4) is 5.75 Å². The Morgan fingerprint density at radius 1 is 1.37 bits per heavy atom. The summed E-state index contributed by atoms with van der Waals surface area (Å²) in [4.78, 5) is -0.0618. The van der Waals surface area contributed by atoms with E-state index in [1.54, 1.807) is 12.1 Å². The first kappa shape index (κ1) is 14.3. The molecule has 1 unspecified atom stereocenters. The second-order valence-electron chi connectivity index (χ2n) is 4.74. The van der Waals surface area contributed by atoms with Crippen LogP contribution in [0, 0.1) is 0 Å². The normalized spacial score (nSPS) is 20.6. The van der Waals surface area contributed by atoms with Crippen LogP contribution in [0.5, 0.6) is 5.75 Å². The molecular formula is C13H19NO4S. The molecule has 106 valence electrons. The van der Waals surface area contributed by atoms with E-state index in [0.717, 1.165) is 19.3 Å². The summed E-state index contributed by atoms with van der Waals surface area (Å²) in [6.45, 7) is 1.01.